The maximum atomic E-state index is 14.1. The van der Waals surface area contributed by atoms with Gasteiger partial charge in [0.1, 0.15) is 12.6 Å². The van der Waals surface area contributed by atoms with Crippen molar-refractivity contribution in [2.45, 2.75) is 45.8 Å². The van der Waals surface area contributed by atoms with Gasteiger partial charge in [-0.2, -0.15) is 0 Å². The number of carbonyl (C=O) groups excluding carboxylic acids is 2. The Bertz CT molecular complexity index is 1510. The number of anilines is 1. The van der Waals surface area contributed by atoms with Gasteiger partial charge in [-0.25, -0.2) is 8.42 Å². The van der Waals surface area contributed by atoms with Gasteiger partial charge < -0.3 is 10.2 Å². The fourth-order valence-corrected chi connectivity index (χ4v) is 5.45. The van der Waals surface area contributed by atoms with Crippen LogP contribution in [0.5, 0.6) is 0 Å². The summed E-state index contributed by atoms with van der Waals surface area (Å²) in [6.07, 6.45) is 1.09. The summed E-state index contributed by atoms with van der Waals surface area (Å²) in [4.78, 5) is 39.8. The molecule has 0 aliphatic carbocycles. The first-order chi connectivity index (χ1) is 19.3. The van der Waals surface area contributed by atoms with E-state index in [0.29, 0.717) is 16.1 Å². The third-order valence-electron chi connectivity index (χ3n) is 6.30. The molecule has 3 aromatic carbocycles. The van der Waals surface area contributed by atoms with Crippen LogP contribution in [0.15, 0.2) is 72.8 Å². The van der Waals surface area contributed by atoms with Crippen LogP contribution in [-0.4, -0.2) is 54.9 Å². The Morgan fingerprint density at radius 1 is 1.00 bits per heavy atom. The molecule has 0 aromatic heterocycles. The second kappa shape index (κ2) is 13.6. The zero-order chi connectivity index (χ0) is 30.3. The minimum absolute atomic E-state index is 0.00370. The van der Waals surface area contributed by atoms with Gasteiger partial charge in [-0.15, -0.1) is 0 Å². The van der Waals surface area contributed by atoms with Crippen LogP contribution in [0.3, 0.4) is 0 Å². The van der Waals surface area contributed by atoms with E-state index in [9.17, 15) is 28.1 Å². The van der Waals surface area contributed by atoms with Crippen molar-refractivity contribution in [2.24, 2.45) is 0 Å². The Labute approximate surface area is 245 Å². The molecule has 0 aliphatic rings. The lowest BCUT2D eigenvalue weighted by molar-refractivity contribution is -0.384. The number of sulfonamides is 1. The molecular formula is C29H33ClN4O6S. The minimum atomic E-state index is -4.07. The Morgan fingerprint density at radius 2 is 1.66 bits per heavy atom. The van der Waals surface area contributed by atoms with Crippen molar-refractivity contribution in [3.05, 3.63) is 105 Å². The van der Waals surface area contributed by atoms with Gasteiger partial charge >= 0.3 is 0 Å². The molecule has 218 valence electrons. The highest BCUT2D eigenvalue weighted by atomic mass is 35.5. The molecular weight excluding hydrogens is 568 g/mol. The van der Waals surface area contributed by atoms with Gasteiger partial charge in [0.2, 0.25) is 21.8 Å². The Morgan fingerprint density at radius 3 is 2.24 bits per heavy atom. The molecule has 0 saturated carbocycles. The monoisotopic (exact) mass is 600 g/mol. The second-order valence-corrected chi connectivity index (χ2v) is 12.4. The number of rotatable bonds is 12. The summed E-state index contributed by atoms with van der Waals surface area (Å²) in [6, 6.07) is 18.6. The molecule has 1 unspecified atom stereocenters. The Balaban J connectivity index is 2.11. The van der Waals surface area contributed by atoms with Crippen LogP contribution >= 0.6 is 11.6 Å². The molecule has 0 saturated heterocycles. The molecule has 1 N–H and O–H groups in total. The Hall–Kier alpha value is -3.96. The lowest BCUT2D eigenvalue weighted by atomic mass is 10.0. The van der Waals surface area contributed by atoms with Crippen molar-refractivity contribution in [3.8, 4) is 0 Å². The molecule has 3 aromatic rings. The van der Waals surface area contributed by atoms with E-state index in [1.54, 1.807) is 45.0 Å². The van der Waals surface area contributed by atoms with Crippen molar-refractivity contribution >= 4 is 44.8 Å². The van der Waals surface area contributed by atoms with E-state index in [4.69, 9.17) is 11.6 Å². The summed E-state index contributed by atoms with van der Waals surface area (Å²) < 4.78 is 26.7. The highest BCUT2D eigenvalue weighted by Crippen LogP contribution is 2.28. The van der Waals surface area contributed by atoms with Crippen LogP contribution in [0.25, 0.3) is 0 Å². The number of hydrogen-bond donors (Lipinski definition) is 1. The summed E-state index contributed by atoms with van der Waals surface area (Å²) >= 11 is 6.21. The normalized spacial score (nSPS) is 12.0. The summed E-state index contributed by atoms with van der Waals surface area (Å²) in [5.41, 5.74) is 1.55. The SMILES string of the molecule is Cc1ccc([N+](=O)[O-])cc1N(CC(=O)N(Cc1cccc(Cl)c1)C(Cc1ccccc1)C(=O)NC(C)C)S(C)(=O)=O. The molecule has 0 spiro atoms. The number of amides is 2. The van der Waals surface area contributed by atoms with E-state index in [1.165, 1.54) is 17.0 Å². The van der Waals surface area contributed by atoms with Crippen molar-refractivity contribution in [1.29, 1.82) is 0 Å². The van der Waals surface area contributed by atoms with Crippen molar-refractivity contribution in [2.75, 3.05) is 17.1 Å². The number of hydrogen-bond acceptors (Lipinski definition) is 6. The predicted octanol–water partition coefficient (Wildman–Crippen LogP) is 4.49. The number of nitro benzene ring substituents is 1. The zero-order valence-electron chi connectivity index (χ0n) is 23.3. The first-order valence-electron chi connectivity index (χ1n) is 12.9. The highest BCUT2D eigenvalue weighted by molar-refractivity contribution is 7.92. The average molecular weight is 601 g/mol. The lowest BCUT2D eigenvalue weighted by Gasteiger charge is -2.34. The van der Waals surface area contributed by atoms with E-state index in [0.717, 1.165) is 22.2 Å². The number of carbonyl (C=O) groups is 2. The largest absolute Gasteiger partial charge is 0.352 e. The first kappa shape index (κ1) is 31.6. The number of non-ortho nitro benzene ring substituents is 1. The van der Waals surface area contributed by atoms with Crippen LogP contribution in [-0.2, 0) is 32.6 Å². The van der Waals surface area contributed by atoms with Crippen molar-refractivity contribution in [1.82, 2.24) is 10.2 Å². The quantitative estimate of drug-likeness (QED) is 0.241. The molecule has 0 aliphatic heterocycles. The maximum absolute atomic E-state index is 14.1. The van der Waals surface area contributed by atoms with E-state index >= 15 is 0 Å². The van der Waals surface area contributed by atoms with Crippen LogP contribution < -0.4 is 9.62 Å². The maximum Gasteiger partial charge on any atom is 0.271 e. The van der Waals surface area contributed by atoms with Crippen molar-refractivity contribution < 1.29 is 22.9 Å². The van der Waals surface area contributed by atoms with Gasteiger partial charge in [-0.1, -0.05) is 60.1 Å². The number of nitrogens with zero attached hydrogens (tertiary/aromatic N) is 3. The first-order valence-corrected chi connectivity index (χ1v) is 15.1. The van der Waals surface area contributed by atoms with Crippen LogP contribution in [0, 0.1) is 17.0 Å². The number of nitrogens with one attached hydrogen (secondary N) is 1. The van der Waals surface area contributed by atoms with E-state index in [2.05, 4.69) is 5.32 Å². The molecule has 1 atom stereocenters. The summed E-state index contributed by atoms with van der Waals surface area (Å²) in [5.74, 6) is -1.07. The molecule has 10 nitrogen and oxygen atoms in total. The fourth-order valence-electron chi connectivity index (χ4n) is 4.34. The van der Waals surface area contributed by atoms with Gasteiger partial charge in [-0.3, -0.25) is 24.0 Å². The van der Waals surface area contributed by atoms with E-state index < -0.39 is 39.3 Å². The molecule has 0 heterocycles. The third-order valence-corrected chi connectivity index (χ3v) is 7.66. The predicted molar refractivity (Wildman–Crippen MR) is 159 cm³/mol. The molecule has 41 heavy (non-hydrogen) atoms. The number of halogens is 1. The smallest absolute Gasteiger partial charge is 0.271 e. The summed E-state index contributed by atoms with van der Waals surface area (Å²) in [7, 11) is -4.07. The van der Waals surface area contributed by atoms with Gasteiger partial charge in [0.25, 0.3) is 5.69 Å². The minimum Gasteiger partial charge on any atom is -0.352 e. The standard InChI is InChI=1S/C29H33ClN4O6S/c1-20(2)31-29(36)27(16-22-9-6-5-7-10-22)32(18-23-11-8-12-24(30)15-23)28(35)19-33(41(4,39)40)26-17-25(34(37)38)14-13-21(26)3/h5-15,17,20,27H,16,18-19H2,1-4H3,(H,31,36). The van der Waals surface area contributed by atoms with Crippen LogP contribution in [0.2, 0.25) is 5.02 Å². The molecule has 12 heteroatoms. The molecule has 3 rings (SSSR count). The summed E-state index contributed by atoms with van der Waals surface area (Å²) in [5, 5.41) is 14.7. The van der Waals surface area contributed by atoms with E-state index in [-0.39, 0.29) is 30.4 Å². The van der Waals surface area contributed by atoms with Crippen LogP contribution in [0.4, 0.5) is 11.4 Å². The zero-order valence-corrected chi connectivity index (χ0v) is 24.9. The molecule has 0 fully saturated rings. The lowest BCUT2D eigenvalue weighted by Crippen LogP contribution is -2.54. The van der Waals surface area contributed by atoms with Crippen molar-refractivity contribution in [3.63, 3.8) is 0 Å². The Kier molecular flexibility index (Phi) is 10.5. The number of aryl methyl sites for hydroxylation is 1. The van der Waals surface area contributed by atoms with Gasteiger partial charge in [0.05, 0.1) is 16.9 Å². The molecule has 2 amide bonds. The highest BCUT2D eigenvalue weighted by Gasteiger charge is 2.34. The van der Waals surface area contributed by atoms with Gasteiger partial charge in [0.15, 0.2) is 0 Å². The third kappa shape index (κ3) is 8.76. The van der Waals surface area contributed by atoms with Gasteiger partial charge in [0, 0.05) is 36.2 Å². The second-order valence-electron chi connectivity index (χ2n) is 10.0. The average Bonchev–Trinajstić information content (AvgIpc) is 2.89. The fraction of sp³-hybridized carbons (Fsp3) is 0.310. The van der Waals surface area contributed by atoms with Gasteiger partial charge in [-0.05, 0) is 49.6 Å². The van der Waals surface area contributed by atoms with Crippen LogP contribution in [0.1, 0.15) is 30.5 Å². The molecule has 0 radical (unpaired) electrons. The number of benzene rings is 3. The van der Waals surface area contributed by atoms with E-state index in [1.807, 2.05) is 30.3 Å². The number of nitro groups is 1. The summed E-state index contributed by atoms with van der Waals surface area (Å²) in [6.45, 7) is 4.49. The topological polar surface area (TPSA) is 130 Å². The molecule has 0 bridgehead atoms.